The maximum absolute atomic E-state index is 13.4. The highest BCUT2D eigenvalue weighted by molar-refractivity contribution is 5.76. The SMILES string of the molecule is CC/C=C\C/C=C\C/C=C\C/C=C\CCCCCCCCCCCCCCCCCCCCC(=O)NC(COC1OC(CO)C(OC2OC(CO)C(O)C(O)C2O)C(O)C1O)C(O)/C=C/CC/C=C/CC/C=C/CCCCCCCCCCCCCCCCCCCCCCCCC. The van der Waals surface area contributed by atoms with Gasteiger partial charge in [-0.3, -0.25) is 4.79 Å². The fraction of sp³-hybridized carbons (Fsp3) is 0.821. The van der Waals surface area contributed by atoms with E-state index in [1.54, 1.807) is 6.08 Å². The summed E-state index contributed by atoms with van der Waals surface area (Å²) in [5, 5.41) is 87.7. The Morgan fingerprint density at radius 3 is 1.12 bits per heavy atom. The number of nitrogens with one attached hydrogen (secondary N) is 1. The van der Waals surface area contributed by atoms with E-state index in [-0.39, 0.29) is 18.9 Å². The van der Waals surface area contributed by atoms with Crippen molar-refractivity contribution in [2.75, 3.05) is 19.8 Å². The first-order valence-corrected chi connectivity index (χ1v) is 40.8. The van der Waals surface area contributed by atoms with Crippen molar-refractivity contribution in [3.63, 3.8) is 0 Å². The van der Waals surface area contributed by atoms with E-state index < -0.39 is 86.8 Å². The third-order valence-electron chi connectivity index (χ3n) is 19.5. The molecule has 0 aromatic heterocycles. The molecule has 2 fully saturated rings. The minimum Gasteiger partial charge on any atom is -0.394 e. The molecule has 12 unspecified atom stereocenters. The number of allylic oxidation sites excluding steroid dienone is 13. The van der Waals surface area contributed by atoms with E-state index in [0.717, 1.165) is 70.6 Å². The molecule has 0 aromatic carbocycles. The maximum atomic E-state index is 13.4. The van der Waals surface area contributed by atoms with Crippen molar-refractivity contribution in [2.24, 2.45) is 0 Å². The van der Waals surface area contributed by atoms with Crippen LogP contribution in [-0.4, -0.2) is 140 Å². The number of hydrogen-bond acceptors (Lipinski definition) is 13. The second kappa shape index (κ2) is 67.4. The van der Waals surface area contributed by atoms with Crippen LogP contribution < -0.4 is 5.32 Å². The molecule has 9 N–H and O–H groups in total. The van der Waals surface area contributed by atoms with Gasteiger partial charge >= 0.3 is 0 Å². The summed E-state index contributed by atoms with van der Waals surface area (Å²) < 4.78 is 22.9. The molecule has 98 heavy (non-hydrogen) atoms. The van der Waals surface area contributed by atoms with Crippen LogP contribution in [0.15, 0.2) is 85.1 Å². The standard InChI is InChI=1S/C84H151NO13/c1-3-5-7-9-11-13-15-17-19-21-23-25-27-29-31-33-35-36-38-39-41-43-45-47-49-51-53-55-57-59-61-63-65-67-73(88)72(71-95-83-81(94)79(92)82(75(70-87)97-83)98-84-80(93)78(91)77(90)74(69-86)96-84)85-76(89)68-66-64-62-60-58-56-54-52-50-48-46-44-42-40-37-34-32-30-28-26-24-22-20-18-16-14-12-10-8-6-4-2/h6,8,12,14,18,20,24,26,49,51,57,59,65,67,72-75,77-84,86-88,90-94H,3-5,7,9-11,13,15-17,19,21-23,25,27-48,50,52-56,58,60-64,66,68-71H2,1-2H3,(H,85,89)/b8-6-,14-12-,20-18-,26-24-,51-49+,59-57+,67-65+. The molecule has 0 aliphatic carbocycles. The number of unbranched alkanes of at least 4 members (excludes halogenated alkanes) is 43. The Morgan fingerprint density at radius 2 is 0.714 bits per heavy atom. The molecule has 2 heterocycles. The van der Waals surface area contributed by atoms with Crippen LogP contribution in [0.3, 0.4) is 0 Å². The first-order valence-electron chi connectivity index (χ1n) is 40.8. The summed E-state index contributed by atoms with van der Waals surface area (Å²) in [5.74, 6) is -0.250. The fourth-order valence-electron chi connectivity index (χ4n) is 13.1. The van der Waals surface area contributed by atoms with E-state index in [2.05, 4.69) is 92.1 Å². The highest BCUT2D eigenvalue weighted by atomic mass is 16.7. The zero-order chi connectivity index (χ0) is 70.8. The maximum Gasteiger partial charge on any atom is 0.220 e. The number of hydrogen-bond donors (Lipinski definition) is 9. The van der Waals surface area contributed by atoms with E-state index in [0.29, 0.717) is 12.8 Å². The number of carbonyl (C=O) groups is 1. The third-order valence-corrected chi connectivity index (χ3v) is 19.5. The predicted molar refractivity (Wildman–Crippen MR) is 406 cm³/mol. The molecule has 0 aromatic rings. The number of rotatable bonds is 68. The van der Waals surface area contributed by atoms with Crippen LogP contribution in [0.4, 0.5) is 0 Å². The number of aliphatic hydroxyl groups excluding tert-OH is 8. The molecule has 14 nitrogen and oxygen atoms in total. The predicted octanol–water partition coefficient (Wildman–Crippen LogP) is 18.7. The second-order valence-electron chi connectivity index (χ2n) is 28.5. The molecule has 1 amide bonds. The Bertz CT molecular complexity index is 1970. The zero-order valence-electron chi connectivity index (χ0n) is 62.5. The molecule has 12 atom stereocenters. The van der Waals surface area contributed by atoms with Crippen LogP contribution in [0.25, 0.3) is 0 Å². The Morgan fingerprint density at radius 1 is 0.378 bits per heavy atom. The van der Waals surface area contributed by atoms with Crippen LogP contribution in [0.2, 0.25) is 0 Å². The van der Waals surface area contributed by atoms with E-state index >= 15 is 0 Å². The lowest BCUT2D eigenvalue weighted by atomic mass is 9.97. The zero-order valence-corrected chi connectivity index (χ0v) is 62.5. The van der Waals surface area contributed by atoms with Gasteiger partial charge in [0.2, 0.25) is 5.91 Å². The van der Waals surface area contributed by atoms with Crippen LogP contribution in [0.5, 0.6) is 0 Å². The second-order valence-corrected chi connectivity index (χ2v) is 28.5. The van der Waals surface area contributed by atoms with Crippen LogP contribution >= 0.6 is 0 Å². The lowest BCUT2D eigenvalue weighted by Gasteiger charge is -2.46. The average molecular weight is 1380 g/mol. The topological polar surface area (TPSA) is 228 Å². The average Bonchev–Trinajstić information content (AvgIpc) is 0.793. The fourth-order valence-corrected chi connectivity index (χ4v) is 13.1. The number of ether oxygens (including phenoxy) is 4. The highest BCUT2D eigenvalue weighted by Gasteiger charge is 2.51. The molecule has 14 heteroatoms. The van der Waals surface area contributed by atoms with Crippen molar-refractivity contribution < 1.29 is 64.6 Å². The van der Waals surface area contributed by atoms with Crippen molar-refractivity contribution in [2.45, 2.75) is 421 Å². The van der Waals surface area contributed by atoms with Gasteiger partial charge in [0.25, 0.3) is 0 Å². The van der Waals surface area contributed by atoms with Crippen LogP contribution in [0, 0.1) is 0 Å². The summed E-state index contributed by atoms with van der Waals surface area (Å²) in [5.41, 5.74) is 0. The summed E-state index contributed by atoms with van der Waals surface area (Å²) in [4.78, 5) is 13.4. The highest BCUT2D eigenvalue weighted by Crippen LogP contribution is 2.30. The lowest BCUT2D eigenvalue weighted by Crippen LogP contribution is -2.65. The van der Waals surface area contributed by atoms with Gasteiger partial charge in [-0.1, -0.05) is 343 Å². The molecule has 570 valence electrons. The molecule has 2 aliphatic rings. The van der Waals surface area contributed by atoms with Gasteiger partial charge in [0.05, 0.1) is 32.0 Å². The summed E-state index contributed by atoms with van der Waals surface area (Å²) in [6, 6.07) is -0.943. The first-order chi connectivity index (χ1) is 48.1. The summed E-state index contributed by atoms with van der Waals surface area (Å²) >= 11 is 0. The molecular formula is C84H151NO13. The van der Waals surface area contributed by atoms with Gasteiger partial charge in [-0.05, 0) is 83.5 Å². The smallest absolute Gasteiger partial charge is 0.220 e. The van der Waals surface area contributed by atoms with Gasteiger partial charge in [0, 0.05) is 6.42 Å². The van der Waals surface area contributed by atoms with E-state index in [1.807, 2.05) is 6.08 Å². The lowest BCUT2D eigenvalue weighted by molar-refractivity contribution is -0.359. The Labute approximate surface area is 599 Å². The quantitative estimate of drug-likeness (QED) is 0.0204. The molecule has 2 rings (SSSR count). The number of aliphatic hydroxyl groups is 8. The summed E-state index contributed by atoms with van der Waals surface area (Å²) in [7, 11) is 0. The number of carbonyl (C=O) groups excluding carboxylic acids is 1. The van der Waals surface area contributed by atoms with Gasteiger partial charge in [0.15, 0.2) is 12.6 Å². The molecule has 0 bridgehead atoms. The van der Waals surface area contributed by atoms with Gasteiger partial charge in [-0.2, -0.15) is 0 Å². The molecule has 0 saturated carbocycles. The normalized spacial score (nSPS) is 22.5. The van der Waals surface area contributed by atoms with E-state index in [1.165, 1.54) is 244 Å². The number of amides is 1. The monoisotopic (exact) mass is 1380 g/mol. The van der Waals surface area contributed by atoms with Gasteiger partial charge in [-0.25, -0.2) is 0 Å². The minimum atomic E-state index is -1.80. The molecular weight excluding hydrogens is 1230 g/mol. The van der Waals surface area contributed by atoms with Crippen molar-refractivity contribution in [3.8, 4) is 0 Å². The van der Waals surface area contributed by atoms with Crippen molar-refractivity contribution >= 4 is 5.91 Å². The Hall–Kier alpha value is -2.83. The van der Waals surface area contributed by atoms with Gasteiger partial charge in [-0.15, -0.1) is 0 Å². The van der Waals surface area contributed by atoms with Gasteiger partial charge in [0.1, 0.15) is 48.8 Å². The van der Waals surface area contributed by atoms with Crippen LogP contribution in [-0.2, 0) is 23.7 Å². The minimum absolute atomic E-state index is 0.250. The Kier molecular flexibility index (Phi) is 62.7. The first kappa shape index (κ1) is 91.3. The van der Waals surface area contributed by atoms with E-state index in [9.17, 15) is 45.6 Å². The molecule has 0 radical (unpaired) electrons. The summed E-state index contributed by atoms with van der Waals surface area (Å²) in [6.45, 7) is 2.71. The van der Waals surface area contributed by atoms with E-state index in [4.69, 9.17) is 18.9 Å². The molecule has 2 saturated heterocycles. The molecule has 2 aliphatic heterocycles. The Balaban J connectivity index is 1.63. The van der Waals surface area contributed by atoms with Crippen molar-refractivity contribution in [1.29, 1.82) is 0 Å². The van der Waals surface area contributed by atoms with Gasteiger partial charge < -0.3 is 65.1 Å². The third kappa shape index (κ3) is 49.7. The van der Waals surface area contributed by atoms with Crippen molar-refractivity contribution in [3.05, 3.63) is 85.1 Å². The summed E-state index contributed by atoms with van der Waals surface area (Å²) in [6.07, 6.45) is 78.2. The van der Waals surface area contributed by atoms with Crippen molar-refractivity contribution in [1.82, 2.24) is 5.32 Å². The largest absolute Gasteiger partial charge is 0.394 e. The molecule has 0 spiro atoms. The van der Waals surface area contributed by atoms with Crippen LogP contribution in [0.1, 0.15) is 348 Å².